The first-order valence-electron chi connectivity index (χ1n) is 9.22. The van der Waals surface area contributed by atoms with Gasteiger partial charge in [0, 0.05) is 36.6 Å². The SMILES string of the molecule is C[C@H]1C[C@@H](C(=O)NCC(c2ccccc2Cl)N2CCOCC2)CCN1.Cl. The van der Waals surface area contributed by atoms with Gasteiger partial charge in [-0.25, -0.2) is 0 Å². The number of halogens is 2. The van der Waals surface area contributed by atoms with Crippen molar-refractivity contribution >= 4 is 29.9 Å². The highest BCUT2D eigenvalue weighted by Gasteiger charge is 2.28. The van der Waals surface area contributed by atoms with Crippen LogP contribution in [0.1, 0.15) is 31.4 Å². The van der Waals surface area contributed by atoms with E-state index in [0.717, 1.165) is 56.3 Å². The van der Waals surface area contributed by atoms with Crippen LogP contribution in [0.25, 0.3) is 0 Å². The minimum Gasteiger partial charge on any atom is -0.379 e. The molecule has 0 saturated carbocycles. The lowest BCUT2D eigenvalue weighted by molar-refractivity contribution is -0.126. The molecule has 26 heavy (non-hydrogen) atoms. The van der Waals surface area contributed by atoms with Crippen LogP contribution in [0.5, 0.6) is 0 Å². The summed E-state index contributed by atoms with van der Waals surface area (Å²) >= 11 is 6.44. The first-order chi connectivity index (χ1) is 12.1. The number of nitrogens with zero attached hydrogens (tertiary/aromatic N) is 1. The number of rotatable bonds is 5. The normalized spacial score (nSPS) is 25.2. The van der Waals surface area contributed by atoms with E-state index in [4.69, 9.17) is 16.3 Å². The number of benzene rings is 1. The zero-order valence-corrected chi connectivity index (χ0v) is 16.8. The van der Waals surface area contributed by atoms with Gasteiger partial charge in [-0.2, -0.15) is 0 Å². The van der Waals surface area contributed by atoms with Crippen molar-refractivity contribution < 1.29 is 9.53 Å². The Balaban J connectivity index is 0.00000243. The molecule has 1 aromatic carbocycles. The predicted octanol–water partition coefficient (Wildman–Crippen LogP) is 2.64. The van der Waals surface area contributed by atoms with Crippen LogP contribution in [0.2, 0.25) is 5.02 Å². The van der Waals surface area contributed by atoms with Crippen LogP contribution in [0.3, 0.4) is 0 Å². The highest BCUT2D eigenvalue weighted by atomic mass is 35.5. The standard InChI is InChI=1S/C19H28ClN3O2.ClH/c1-14-12-15(6-7-21-14)19(24)22-13-18(23-8-10-25-11-9-23)16-4-2-3-5-17(16)20;/h2-5,14-15,18,21H,6-13H2,1H3,(H,22,24);1H/t14-,15-,18?;/m0./s1. The average Bonchev–Trinajstić information content (AvgIpc) is 2.64. The number of carbonyl (C=O) groups is 1. The second kappa shape index (κ2) is 10.5. The van der Waals surface area contributed by atoms with Gasteiger partial charge in [0.05, 0.1) is 19.3 Å². The van der Waals surface area contributed by atoms with Crippen LogP contribution < -0.4 is 10.6 Å². The Labute approximate surface area is 167 Å². The molecule has 1 aromatic rings. The molecule has 2 N–H and O–H groups in total. The second-order valence-corrected chi connectivity index (χ2v) is 7.41. The lowest BCUT2D eigenvalue weighted by atomic mass is 9.92. The molecule has 0 spiro atoms. The van der Waals surface area contributed by atoms with Crippen molar-refractivity contribution in [3.8, 4) is 0 Å². The Morgan fingerprint density at radius 3 is 2.81 bits per heavy atom. The molecular weight excluding hydrogens is 373 g/mol. The molecule has 1 amide bonds. The summed E-state index contributed by atoms with van der Waals surface area (Å²) in [6, 6.07) is 8.41. The zero-order valence-electron chi connectivity index (χ0n) is 15.2. The van der Waals surface area contributed by atoms with Crippen molar-refractivity contribution in [3.63, 3.8) is 0 Å². The van der Waals surface area contributed by atoms with Gasteiger partial charge in [0.25, 0.3) is 0 Å². The highest BCUT2D eigenvalue weighted by Crippen LogP contribution is 2.28. The number of carbonyl (C=O) groups excluding carboxylic acids is 1. The molecule has 3 atom stereocenters. The third-order valence-electron chi connectivity index (χ3n) is 5.21. The van der Waals surface area contributed by atoms with E-state index < -0.39 is 0 Å². The molecule has 2 fully saturated rings. The van der Waals surface area contributed by atoms with Gasteiger partial charge in [0.15, 0.2) is 0 Å². The molecule has 7 heteroatoms. The van der Waals surface area contributed by atoms with Gasteiger partial charge in [-0.1, -0.05) is 29.8 Å². The number of hydrogen-bond acceptors (Lipinski definition) is 4. The summed E-state index contributed by atoms with van der Waals surface area (Å²) < 4.78 is 5.48. The van der Waals surface area contributed by atoms with Crippen molar-refractivity contribution in [2.45, 2.75) is 31.8 Å². The molecular formula is C19H29Cl2N3O2. The monoisotopic (exact) mass is 401 g/mol. The third kappa shape index (κ3) is 5.57. The van der Waals surface area contributed by atoms with Gasteiger partial charge >= 0.3 is 0 Å². The van der Waals surface area contributed by atoms with Gasteiger partial charge in [0.2, 0.25) is 5.91 Å². The minimum atomic E-state index is 0. The second-order valence-electron chi connectivity index (χ2n) is 7.01. The first-order valence-corrected chi connectivity index (χ1v) is 9.60. The molecule has 0 bridgehead atoms. The molecule has 0 radical (unpaired) electrons. The highest BCUT2D eigenvalue weighted by molar-refractivity contribution is 6.31. The number of amides is 1. The maximum atomic E-state index is 12.6. The average molecular weight is 402 g/mol. The summed E-state index contributed by atoms with van der Waals surface area (Å²) in [7, 11) is 0. The summed E-state index contributed by atoms with van der Waals surface area (Å²) in [6.45, 7) is 6.80. The Bertz CT molecular complexity index is 582. The summed E-state index contributed by atoms with van der Waals surface area (Å²) in [5.74, 6) is 0.270. The van der Waals surface area contributed by atoms with E-state index in [1.807, 2.05) is 18.2 Å². The number of piperidine rings is 1. The smallest absolute Gasteiger partial charge is 0.223 e. The molecule has 0 aliphatic carbocycles. The molecule has 2 aliphatic rings. The van der Waals surface area contributed by atoms with Gasteiger partial charge in [-0.15, -0.1) is 12.4 Å². The summed E-state index contributed by atoms with van der Waals surface area (Å²) in [6.07, 6.45) is 1.81. The van der Waals surface area contributed by atoms with Crippen molar-refractivity contribution in [1.82, 2.24) is 15.5 Å². The predicted molar refractivity (Wildman–Crippen MR) is 107 cm³/mol. The fourth-order valence-corrected chi connectivity index (χ4v) is 4.04. The molecule has 2 aliphatic heterocycles. The lowest BCUT2D eigenvalue weighted by Gasteiger charge is -2.36. The lowest BCUT2D eigenvalue weighted by Crippen LogP contribution is -2.46. The Hall–Kier alpha value is -0.850. The molecule has 1 unspecified atom stereocenters. The molecule has 0 aromatic heterocycles. The van der Waals surface area contributed by atoms with E-state index in [0.29, 0.717) is 12.6 Å². The van der Waals surface area contributed by atoms with Gasteiger partial charge < -0.3 is 15.4 Å². The third-order valence-corrected chi connectivity index (χ3v) is 5.56. The van der Waals surface area contributed by atoms with Crippen molar-refractivity contribution in [2.24, 2.45) is 5.92 Å². The molecule has 3 rings (SSSR count). The number of nitrogens with one attached hydrogen (secondary N) is 2. The molecule has 2 saturated heterocycles. The van der Waals surface area contributed by atoms with Crippen LogP contribution in [0, 0.1) is 5.92 Å². The van der Waals surface area contributed by atoms with Crippen LogP contribution >= 0.6 is 24.0 Å². The van der Waals surface area contributed by atoms with E-state index in [1.54, 1.807) is 0 Å². The molecule has 146 valence electrons. The first kappa shape index (κ1) is 21.5. The minimum absolute atomic E-state index is 0. The van der Waals surface area contributed by atoms with E-state index in [9.17, 15) is 4.79 Å². The van der Waals surface area contributed by atoms with E-state index in [-0.39, 0.29) is 30.3 Å². The summed E-state index contributed by atoms with van der Waals surface area (Å²) in [4.78, 5) is 15.0. The Morgan fingerprint density at radius 1 is 1.38 bits per heavy atom. The zero-order chi connectivity index (χ0) is 17.6. The van der Waals surface area contributed by atoms with Gasteiger partial charge in [0.1, 0.15) is 0 Å². The number of hydrogen-bond donors (Lipinski definition) is 2. The molecule has 5 nitrogen and oxygen atoms in total. The van der Waals surface area contributed by atoms with Gasteiger partial charge in [-0.3, -0.25) is 9.69 Å². The van der Waals surface area contributed by atoms with Crippen LogP contribution in [0.15, 0.2) is 24.3 Å². The van der Waals surface area contributed by atoms with Crippen LogP contribution in [-0.2, 0) is 9.53 Å². The fraction of sp³-hybridized carbons (Fsp3) is 0.632. The van der Waals surface area contributed by atoms with E-state index in [1.165, 1.54) is 0 Å². The van der Waals surface area contributed by atoms with E-state index >= 15 is 0 Å². The van der Waals surface area contributed by atoms with E-state index in [2.05, 4.69) is 28.5 Å². The van der Waals surface area contributed by atoms with Crippen molar-refractivity contribution in [3.05, 3.63) is 34.9 Å². The summed E-state index contributed by atoms with van der Waals surface area (Å²) in [5, 5.41) is 7.34. The molecule has 2 heterocycles. The Morgan fingerprint density at radius 2 is 2.12 bits per heavy atom. The maximum Gasteiger partial charge on any atom is 0.223 e. The van der Waals surface area contributed by atoms with Crippen LogP contribution in [0.4, 0.5) is 0 Å². The largest absolute Gasteiger partial charge is 0.379 e. The quantitative estimate of drug-likeness (QED) is 0.795. The fourth-order valence-electron chi connectivity index (χ4n) is 3.78. The van der Waals surface area contributed by atoms with Crippen LogP contribution in [-0.4, -0.2) is 56.2 Å². The topological polar surface area (TPSA) is 53.6 Å². The summed E-state index contributed by atoms with van der Waals surface area (Å²) in [5.41, 5.74) is 1.07. The number of ether oxygens (including phenoxy) is 1. The van der Waals surface area contributed by atoms with Crippen molar-refractivity contribution in [1.29, 1.82) is 0 Å². The maximum absolute atomic E-state index is 12.6. The number of morpholine rings is 1. The Kier molecular flexibility index (Phi) is 8.64. The van der Waals surface area contributed by atoms with Gasteiger partial charge in [-0.05, 0) is 37.9 Å². The van der Waals surface area contributed by atoms with Crippen molar-refractivity contribution in [2.75, 3.05) is 39.4 Å².